The van der Waals surface area contributed by atoms with Gasteiger partial charge in [0.1, 0.15) is 0 Å². The predicted octanol–water partition coefficient (Wildman–Crippen LogP) is 2.50. The van der Waals surface area contributed by atoms with E-state index in [1.807, 2.05) is 6.92 Å². The molecular weight excluding hydrogens is 229 g/mol. The fourth-order valence-corrected chi connectivity index (χ4v) is 2.31. The number of hydrogen-bond donors (Lipinski definition) is 1. The molecule has 17 heavy (non-hydrogen) atoms. The summed E-state index contributed by atoms with van der Waals surface area (Å²) in [5, 5.41) is 2.48. The van der Waals surface area contributed by atoms with Crippen molar-refractivity contribution in [3.05, 3.63) is 0 Å². The standard InChI is InChI=1S/C12H23F3N2/c1-9(2)11-4-5-17(7-11)10(3)6-16-8-12(13,14)15/h9-11,16H,4-8H2,1-3H3. The Labute approximate surface area is 102 Å². The lowest BCUT2D eigenvalue weighted by Crippen LogP contribution is -2.41. The number of likely N-dealkylation sites (tertiary alicyclic amines) is 1. The number of rotatable bonds is 5. The average molecular weight is 252 g/mol. The Kier molecular flexibility index (Phi) is 5.25. The highest BCUT2D eigenvalue weighted by Gasteiger charge is 2.29. The van der Waals surface area contributed by atoms with Crippen LogP contribution in [0.4, 0.5) is 13.2 Å². The van der Waals surface area contributed by atoms with E-state index in [4.69, 9.17) is 0 Å². The minimum atomic E-state index is -4.11. The Balaban J connectivity index is 2.23. The molecule has 0 saturated carbocycles. The highest BCUT2D eigenvalue weighted by Crippen LogP contribution is 2.24. The maximum absolute atomic E-state index is 12.0. The van der Waals surface area contributed by atoms with Gasteiger partial charge in [-0.25, -0.2) is 0 Å². The van der Waals surface area contributed by atoms with E-state index in [1.54, 1.807) is 0 Å². The summed E-state index contributed by atoms with van der Waals surface area (Å²) < 4.78 is 35.9. The molecule has 5 heteroatoms. The summed E-state index contributed by atoms with van der Waals surface area (Å²) in [6.07, 6.45) is -2.94. The third kappa shape index (κ3) is 5.25. The Hall–Kier alpha value is -0.290. The molecule has 2 unspecified atom stereocenters. The SMILES string of the molecule is CC(C)C1CCN(C(C)CNCC(F)(F)F)C1. The molecule has 0 aliphatic carbocycles. The van der Waals surface area contributed by atoms with Gasteiger partial charge in [-0.2, -0.15) is 13.2 Å². The smallest absolute Gasteiger partial charge is 0.307 e. The number of nitrogens with zero attached hydrogens (tertiary/aromatic N) is 1. The second kappa shape index (κ2) is 6.05. The van der Waals surface area contributed by atoms with E-state index in [-0.39, 0.29) is 6.04 Å². The van der Waals surface area contributed by atoms with Gasteiger partial charge in [0.05, 0.1) is 6.54 Å². The predicted molar refractivity (Wildman–Crippen MR) is 62.9 cm³/mol. The van der Waals surface area contributed by atoms with Gasteiger partial charge < -0.3 is 5.32 Å². The first-order valence-electron chi connectivity index (χ1n) is 6.31. The average Bonchev–Trinajstić information content (AvgIpc) is 2.63. The Bertz CT molecular complexity index is 228. The molecule has 1 fully saturated rings. The van der Waals surface area contributed by atoms with Crippen LogP contribution in [0.2, 0.25) is 0 Å². The lowest BCUT2D eigenvalue weighted by Gasteiger charge is -2.25. The maximum atomic E-state index is 12.0. The summed E-state index contributed by atoms with van der Waals surface area (Å²) in [4.78, 5) is 2.29. The number of nitrogens with one attached hydrogen (secondary N) is 1. The summed E-state index contributed by atoms with van der Waals surface area (Å²) in [6, 6.07) is 0.182. The molecule has 2 nitrogen and oxygen atoms in total. The Morgan fingerprint density at radius 2 is 1.94 bits per heavy atom. The third-order valence-corrected chi connectivity index (χ3v) is 3.59. The van der Waals surface area contributed by atoms with Crippen molar-refractivity contribution in [2.45, 2.75) is 39.4 Å². The maximum Gasteiger partial charge on any atom is 0.401 e. The van der Waals surface area contributed by atoms with Gasteiger partial charge in [0.15, 0.2) is 0 Å². The van der Waals surface area contributed by atoms with Crippen LogP contribution in [0.5, 0.6) is 0 Å². The van der Waals surface area contributed by atoms with Gasteiger partial charge in [-0.15, -0.1) is 0 Å². The van der Waals surface area contributed by atoms with Crippen molar-refractivity contribution in [3.8, 4) is 0 Å². The molecule has 1 rings (SSSR count). The summed E-state index contributed by atoms with van der Waals surface area (Å²) in [5.41, 5.74) is 0. The van der Waals surface area contributed by atoms with E-state index in [2.05, 4.69) is 24.1 Å². The first-order valence-corrected chi connectivity index (χ1v) is 6.31. The molecule has 0 aromatic rings. The van der Waals surface area contributed by atoms with Crippen LogP contribution in [-0.2, 0) is 0 Å². The van der Waals surface area contributed by atoms with E-state index in [1.165, 1.54) is 6.42 Å². The molecule has 1 aliphatic heterocycles. The van der Waals surface area contributed by atoms with E-state index in [0.29, 0.717) is 18.4 Å². The zero-order chi connectivity index (χ0) is 13.1. The molecule has 0 radical (unpaired) electrons. The number of alkyl halides is 3. The molecule has 0 amide bonds. The molecule has 1 N–H and O–H groups in total. The minimum Gasteiger partial charge on any atom is -0.307 e. The molecule has 1 saturated heterocycles. The molecule has 0 aromatic carbocycles. The quantitative estimate of drug-likeness (QED) is 0.808. The van der Waals surface area contributed by atoms with Crippen LogP contribution >= 0.6 is 0 Å². The van der Waals surface area contributed by atoms with E-state index >= 15 is 0 Å². The first-order chi connectivity index (χ1) is 7.79. The third-order valence-electron chi connectivity index (χ3n) is 3.59. The summed E-state index contributed by atoms with van der Waals surface area (Å²) in [6.45, 7) is 7.96. The fraction of sp³-hybridized carbons (Fsp3) is 1.00. The minimum absolute atomic E-state index is 0.182. The van der Waals surface area contributed by atoms with Crippen molar-refractivity contribution in [3.63, 3.8) is 0 Å². The molecule has 1 aliphatic rings. The van der Waals surface area contributed by atoms with Crippen LogP contribution in [0, 0.1) is 11.8 Å². The van der Waals surface area contributed by atoms with E-state index in [9.17, 15) is 13.2 Å². The van der Waals surface area contributed by atoms with Crippen LogP contribution in [0.25, 0.3) is 0 Å². The first kappa shape index (κ1) is 14.8. The normalized spacial score (nSPS) is 24.5. The molecule has 0 spiro atoms. The van der Waals surface area contributed by atoms with Gasteiger partial charge in [0, 0.05) is 19.1 Å². The number of hydrogen-bond acceptors (Lipinski definition) is 2. The molecular formula is C12H23F3N2. The summed E-state index contributed by atoms with van der Waals surface area (Å²) >= 11 is 0. The van der Waals surface area contributed by atoms with Gasteiger partial charge in [-0.3, -0.25) is 4.90 Å². The van der Waals surface area contributed by atoms with Gasteiger partial charge in [0.2, 0.25) is 0 Å². The van der Waals surface area contributed by atoms with Crippen molar-refractivity contribution in [2.75, 3.05) is 26.2 Å². The van der Waals surface area contributed by atoms with Crippen molar-refractivity contribution < 1.29 is 13.2 Å². The van der Waals surface area contributed by atoms with Gasteiger partial charge >= 0.3 is 6.18 Å². The largest absolute Gasteiger partial charge is 0.401 e. The molecule has 102 valence electrons. The van der Waals surface area contributed by atoms with Crippen molar-refractivity contribution in [1.29, 1.82) is 0 Å². The Morgan fingerprint density at radius 1 is 1.29 bits per heavy atom. The second-order valence-corrected chi connectivity index (χ2v) is 5.38. The summed E-state index contributed by atoms with van der Waals surface area (Å²) in [7, 11) is 0. The monoisotopic (exact) mass is 252 g/mol. The zero-order valence-corrected chi connectivity index (χ0v) is 10.8. The lowest BCUT2D eigenvalue weighted by molar-refractivity contribution is -0.125. The highest BCUT2D eigenvalue weighted by atomic mass is 19.4. The second-order valence-electron chi connectivity index (χ2n) is 5.38. The van der Waals surface area contributed by atoms with Gasteiger partial charge in [-0.1, -0.05) is 13.8 Å². The zero-order valence-electron chi connectivity index (χ0n) is 10.8. The van der Waals surface area contributed by atoms with Crippen LogP contribution in [0.15, 0.2) is 0 Å². The van der Waals surface area contributed by atoms with Crippen LogP contribution in [0.1, 0.15) is 27.2 Å². The van der Waals surface area contributed by atoms with Crippen molar-refractivity contribution >= 4 is 0 Å². The Morgan fingerprint density at radius 3 is 2.41 bits per heavy atom. The van der Waals surface area contributed by atoms with E-state index in [0.717, 1.165) is 13.1 Å². The topological polar surface area (TPSA) is 15.3 Å². The van der Waals surface area contributed by atoms with E-state index < -0.39 is 12.7 Å². The molecule has 0 aromatic heterocycles. The lowest BCUT2D eigenvalue weighted by atomic mass is 9.95. The number of halogens is 3. The van der Waals surface area contributed by atoms with Crippen LogP contribution in [-0.4, -0.2) is 43.3 Å². The van der Waals surface area contributed by atoms with Gasteiger partial charge in [-0.05, 0) is 31.7 Å². The van der Waals surface area contributed by atoms with Crippen LogP contribution in [0.3, 0.4) is 0 Å². The summed E-state index contributed by atoms with van der Waals surface area (Å²) in [5.74, 6) is 1.36. The fourth-order valence-electron chi connectivity index (χ4n) is 2.31. The highest BCUT2D eigenvalue weighted by molar-refractivity contribution is 4.82. The molecule has 2 atom stereocenters. The van der Waals surface area contributed by atoms with Crippen LogP contribution < -0.4 is 5.32 Å². The van der Waals surface area contributed by atoms with Gasteiger partial charge in [0.25, 0.3) is 0 Å². The molecule has 1 heterocycles. The molecule has 0 bridgehead atoms. The van der Waals surface area contributed by atoms with Crippen molar-refractivity contribution in [2.24, 2.45) is 11.8 Å². The van der Waals surface area contributed by atoms with Crippen molar-refractivity contribution in [1.82, 2.24) is 10.2 Å².